The van der Waals surface area contributed by atoms with E-state index >= 15 is 0 Å². The van der Waals surface area contributed by atoms with Gasteiger partial charge in [0.05, 0.1) is 6.61 Å². The zero-order valence-electron chi connectivity index (χ0n) is 11.5. The van der Waals surface area contributed by atoms with E-state index in [-0.39, 0.29) is 16.9 Å². The van der Waals surface area contributed by atoms with Crippen LogP contribution in [-0.2, 0) is 10.5 Å². The molecule has 1 aromatic rings. The fourth-order valence-corrected chi connectivity index (χ4v) is 2.78. The van der Waals surface area contributed by atoms with Crippen molar-refractivity contribution < 1.29 is 20.1 Å². The third kappa shape index (κ3) is 2.80. The maximum absolute atomic E-state index is 11.3. The van der Waals surface area contributed by atoms with Crippen molar-refractivity contribution in [3.8, 4) is 0 Å². The molecule has 118 valence electrons. The molecule has 1 fully saturated rings. The number of ether oxygens (including phenoxy) is 1. The van der Waals surface area contributed by atoms with Gasteiger partial charge in [-0.25, -0.2) is 0 Å². The molecule has 0 amide bonds. The summed E-state index contributed by atoms with van der Waals surface area (Å²) in [5, 5.41) is 32.7. The Morgan fingerprint density at radius 3 is 2.81 bits per heavy atom. The Labute approximate surface area is 126 Å². The smallest absolute Gasteiger partial charge is 0.251 e. The van der Waals surface area contributed by atoms with Gasteiger partial charge in [-0.15, -0.1) is 0 Å². The van der Waals surface area contributed by atoms with Crippen molar-refractivity contribution in [3.63, 3.8) is 0 Å². The van der Waals surface area contributed by atoms with Gasteiger partial charge in [-0.05, 0) is 18.8 Å². The number of aliphatic hydroxyl groups is 3. The molecule has 0 unspecified atom stereocenters. The highest BCUT2D eigenvalue weighted by atomic mass is 32.1. The maximum atomic E-state index is 11.3. The zero-order valence-corrected chi connectivity index (χ0v) is 12.3. The molecule has 5 N–H and O–H groups in total. The zero-order chi connectivity index (χ0) is 15.6. The molecule has 1 aromatic heterocycles. The van der Waals surface area contributed by atoms with Crippen molar-refractivity contribution >= 4 is 12.2 Å². The molecule has 8 nitrogen and oxygen atoms in total. The van der Waals surface area contributed by atoms with Gasteiger partial charge in [0, 0.05) is 18.8 Å². The van der Waals surface area contributed by atoms with E-state index in [0.29, 0.717) is 6.54 Å². The number of rotatable bonds is 5. The van der Waals surface area contributed by atoms with Crippen LogP contribution < -0.4 is 10.9 Å². The van der Waals surface area contributed by atoms with Crippen molar-refractivity contribution in [1.82, 2.24) is 14.9 Å². The van der Waals surface area contributed by atoms with Gasteiger partial charge in [-0.2, -0.15) is 0 Å². The minimum Gasteiger partial charge on any atom is -0.394 e. The van der Waals surface area contributed by atoms with E-state index in [2.05, 4.69) is 10.3 Å². The lowest BCUT2D eigenvalue weighted by molar-refractivity contribution is -0.146. The Morgan fingerprint density at radius 2 is 2.29 bits per heavy atom. The summed E-state index contributed by atoms with van der Waals surface area (Å²) < 4.78 is 7.14. The normalized spacial score (nSPS) is 32.5. The molecular formula is C12H19N3O5S. The quantitative estimate of drug-likeness (QED) is 0.410. The fourth-order valence-electron chi connectivity index (χ4n) is 2.47. The standard InChI is InChI=1S/C12H19N3O5S/c1-2-13-6-12(10(19)9(18)7(5-16)20-12)15-4-3-8(17)14-11(15)21/h3-4,7,9-10,13,16,18-19H,2,5-6H2,1H3,(H,14,17,21)/t7-,9-,10-,12-/m1/s1. The van der Waals surface area contributed by atoms with Crippen LogP contribution in [0.25, 0.3) is 0 Å². The van der Waals surface area contributed by atoms with E-state index in [0.717, 1.165) is 0 Å². The lowest BCUT2D eigenvalue weighted by atomic mass is 10.0. The van der Waals surface area contributed by atoms with Crippen LogP contribution in [0.2, 0.25) is 0 Å². The number of nitrogens with zero attached hydrogens (tertiary/aromatic N) is 1. The van der Waals surface area contributed by atoms with Crippen LogP contribution in [0.15, 0.2) is 17.1 Å². The van der Waals surface area contributed by atoms with Crippen LogP contribution in [0.1, 0.15) is 6.92 Å². The number of hydrogen-bond donors (Lipinski definition) is 5. The van der Waals surface area contributed by atoms with Crippen LogP contribution >= 0.6 is 12.2 Å². The van der Waals surface area contributed by atoms with E-state index in [1.807, 2.05) is 6.92 Å². The number of H-pyrrole nitrogens is 1. The lowest BCUT2D eigenvalue weighted by Gasteiger charge is -2.34. The molecule has 0 radical (unpaired) electrons. The predicted molar refractivity (Wildman–Crippen MR) is 76.4 cm³/mol. The summed E-state index contributed by atoms with van der Waals surface area (Å²) >= 11 is 5.11. The number of nitrogens with one attached hydrogen (secondary N) is 2. The van der Waals surface area contributed by atoms with E-state index in [1.54, 1.807) is 0 Å². The Kier molecular flexibility index (Phi) is 4.91. The first-order valence-electron chi connectivity index (χ1n) is 6.64. The predicted octanol–water partition coefficient (Wildman–Crippen LogP) is -1.72. The van der Waals surface area contributed by atoms with Crippen molar-refractivity contribution in [1.29, 1.82) is 0 Å². The van der Waals surface area contributed by atoms with Gasteiger partial charge in [0.15, 0.2) is 10.5 Å². The van der Waals surface area contributed by atoms with Crippen LogP contribution in [0.3, 0.4) is 0 Å². The van der Waals surface area contributed by atoms with Crippen LogP contribution in [0, 0.1) is 4.77 Å². The molecule has 0 bridgehead atoms. The SMILES string of the molecule is CCNC[C@@]1(n2ccc(=O)[nH]c2=S)O[C@H](CO)[C@@H](O)[C@H]1O. The van der Waals surface area contributed by atoms with Crippen LogP contribution in [-0.4, -0.2) is 62.9 Å². The molecule has 0 spiro atoms. The summed E-state index contributed by atoms with van der Waals surface area (Å²) in [6, 6.07) is 1.25. The second-order valence-electron chi connectivity index (χ2n) is 4.88. The van der Waals surface area contributed by atoms with E-state index in [4.69, 9.17) is 17.0 Å². The summed E-state index contributed by atoms with van der Waals surface area (Å²) in [5.41, 5.74) is -1.77. The molecule has 9 heteroatoms. The number of aromatic nitrogens is 2. The van der Waals surface area contributed by atoms with Crippen LogP contribution in [0.4, 0.5) is 0 Å². The average Bonchev–Trinajstić information content (AvgIpc) is 2.70. The molecule has 1 aliphatic heterocycles. The van der Waals surface area contributed by atoms with E-state index in [9.17, 15) is 20.1 Å². The van der Waals surface area contributed by atoms with Crippen molar-refractivity contribution in [3.05, 3.63) is 27.4 Å². The first-order chi connectivity index (χ1) is 9.96. The van der Waals surface area contributed by atoms with Gasteiger partial charge in [0.25, 0.3) is 5.56 Å². The highest BCUT2D eigenvalue weighted by Gasteiger charge is 2.55. The summed E-state index contributed by atoms with van der Waals surface area (Å²) in [6.07, 6.45) is -2.12. The minimum absolute atomic E-state index is 0.0604. The molecule has 2 heterocycles. The molecule has 0 saturated carbocycles. The van der Waals surface area contributed by atoms with Gasteiger partial charge in [-0.3, -0.25) is 14.3 Å². The lowest BCUT2D eigenvalue weighted by Crippen LogP contribution is -2.53. The van der Waals surface area contributed by atoms with Gasteiger partial charge in [0.1, 0.15) is 18.3 Å². The van der Waals surface area contributed by atoms with Gasteiger partial charge in [-0.1, -0.05) is 6.92 Å². The maximum Gasteiger partial charge on any atom is 0.251 e. The Hall–Kier alpha value is -1.10. The third-order valence-corrected chi connectivity index (χ3v) is 3.86. The van der Waals surface area contributed by atoms with Crippen LogP contribution in [0.5, 0.6) is 0 Å². The summed E-state index contributed by atoms with van der Waals surface area (Å²) in [4.78, 5) is 13.7. The second kappa shape index (κ2) is 6.34. The monoisotopic (exact) mass is 317 g/mol. The highest BCUT2D eigenvalue weighted by Crippen LogP contribution is 2.35. The molecular weight excluding hydrogens is 298 g/mol. The minimum atomic E-state index is -1.40. The van der Waals surface area contributed by atoms with Gasteiger partial charge >= 0.3 is 0 Å². The summed E-state index contributed by atoms with van der Waals surface area (Å²) in [5.74, 6) is 0. The number of hydrogen-bond acceptors (Lipinski definition) is 7. The van der Waals surface area contributed by atoms with E-state index in [1.165, 1.54) is 16.8 Å². The Bertz CT molecular complexity index is 603. The van der Waals surface area contributed by atoms with Gasteiger partial charge < -0.3 is 25.4 Å². The summed E-state index contributed by atoms with van der Waals surface area (Å²) in [6.45, 7) is 2.19. The molecule has 0 aromatic carbocycles. The third-order valence-electron chi connectivity index (χ3n) is 3.56. The molecule has 1 saturated heterocycles. The summed E-state index contributed by atoms with van der Waals surface area (Å²) in [7, 11) is 0. The number of likely N-dealkylation sites (N-methyl/N-ethyl adjacent to an activating group) is 1. The highest BCUT2D eigenvalue weighted by molar-refractivity contribution is 7.71. The second-order valence-corrected chi connectivity index (χ2v) is 5.27. The van der Waals surface area contributed by atoms with Crippen molar-refractivity contribution in [2.45, 2.75) is 31.0 Å². The Balaban J connectivity index is 2.52. The first-order valence-corrected chi connectivity index (χ1v) is 7.05. The molecule has 0 aliphatic carbocycles. The van der Waals surface area contributed by atoms with E-state index < -0.39 is 30.6 Å². The molecule has 2 rings (SSSR count). The molecule has 1 aliphatic rings. The average molecular weight is 317 g/mol. The van der Waals surface area contributed by atoms with Gasteiger partial charge in [0.2, 0.25) is 0 Å². The number of aromatic amines is 1. The Morgan fingerprint density at radius 1 is 1.57 bits per heavy atom. The largest absolute Gasteiger partial charge is 0.394 e. The van der Waals surface area contributed by atoms with Crippen molar-refractivity contribution in [2.24, 2.45) is 0 Å². The number of aliphatic hydroxyl groups excluding tert-OH is 3. The fraction of sp³-hybridized carbons (Fsp3) is 0.667. The topological polar surface area (TPSA) is 120 Å². The first kappa shape index (κ1) is 16.3. The molecule has 21 heavy (non-hydrogen) atoms. The molecule has 4 atom stereocenters. The van der Waals surface area contributed by atoms with Crippen molar-refractivity contribution in [2.75, 3.05) is 19.7 Å².